The summed E-state index contributed by atoms with van der Waals surface area (Å²) in [6.07, 6.45) is 5.22. The van der Waals surface area contributed by atoms with Crippen molar-refractivity contribution in [2.45, 2.75) is 77.9 Å². The van der Waals surface area contributed by atoms with Crippen LogP contribution in [0.2, 0.25) is 0 Å². The van der Waals surface area contributed by atoms with Crippen molar-refractivity contribution in [2.24, 2.45) is 4.99 Å². The molecule has 0 radical (unpaired) electrons. The topological polar surface area (TPSA) is 107 Å². The number of carbonyl (C=O) groups is 2. The predicted molar refractivity (Wildman–Crippen MR) is 142 cm³/mol. The van der Waals surface area contributed by atoms with Gasteiger partial charge in [0.2, 0.25) is 0 Å². The Morgan fingerprint density at radius 3 is 2.63 bits per heavy atom. The van der Waals surface area contributed by atoms with Gasteiger partial charge in [0.1, 0.15) is 5.71 Å². The summed E-state index contributed by atoms with van der Waals surface area (Å²) in [6, 6.07) is 5.76. The van der Waals surface area contributed by atoms with Crippen LogP contribution in [-0.2, 0) is 4.79 Å². The van der Waals surface area contributed by atoms with Crippen LogP contribution < -0.4 is 15.5 Å². The van der Waals surface area contributed by atoms with E-state index in [0.717, 1.165) is 43.1 Å². The number of nitrogens with one attached hydrogen (secondary N) is 2. The number of rotatable bonds is 8. The van der Waals surface area contributed by atoms with Gasteiger partial charge < -0.3 is 20.6 Å². The van der Waals surface area contributed by atoms with Crippen molar-refractivity contribution in [1.82, 2.24) is 15.6 Å². The number of carboxylic acid groups (broad SMARTS) is 1. The number of aromatic nitrogens is 1. The Bertz CT molecular complexity index is 1170. The minimum Gasteiger partial charge on any atom is -0.478 e. The lowest BCUT2D eigenvalue weighted by Crippen LogP contribution is -2.62. The molecule has 2 aromatic rings. The van der Waals surface area contributed by atoms with Crippen molar-refractivity contribution in [2.75, 3.05) is 18.0 Å². The van der Waals surface area contributed by atoms with Crippen LogP contribution in [-0.4, -0.2) is 58.9 Å². The van der Waals surface area contributed by atoms with Gasteiger partial charge in [-0.3, -0.25) is 9.79 Å². The second kappa shape index (κ2) is 10.9. The number of aromatic carboxylic acids is 1. The van der Waals surface area contributed by atoms with Crippen LogP contribution in [0.25, 0.3) is 10.2 Å². The van der Waals surface area contributed by atoms with Crippen molar-refractivity contribution in [3.63, 3.8) is 0 Å². The van der Waals surface area contributed by atoms with Crippen LogP contribution in [0.1, 0.15) is 70.2 Å². The van der Waals surface area contributed by atoms with E-state index >= 15 is 0 Å². The second-order valence-electron chi connectivity index (χ2n) is 9.59. The number of anilines is 1. The largest absolute Gasteiger partial charge is 0.478 e. The number of benzene rings is 1. The third-order valence-corrected chi connectivity index (χ3v) is 8.37. The van der Waals surface area contributed by atoms with Crippen molar-refractivity contribution in [3.05, 3.63) is 35.0 Å². The normalized spacial score (nSPS) is 22.1. The van der Waals surface area contributed by atoms with E-state index in [-0.39, 0.29) is 23.6 Å². The van der Waals surface area contributed by atoms with Crippen molar-refractivity contribution in [1.29, 1.82) is 0 Å². The van der Waals surface area contributed by atoms with Crippen molar-refractivity contribution in [3.8, 4) is 0 Å². The number of piperidine rings is 1. The molecule has 1 amide bonds. The van der Waals surface area contributed by atoms with E-state index in [1.807, 2.05) is 19.9 Å². The number of hydrogen-bond acceptors (Lipinski definition) is 7. The summed E-state index contributed by atoms with van der Waals surface area (Å²) in [7, 11) is 0. The number of fused-ring (bicyclic) bond motifs is 1. The van der Waals surface area contributed by atoms with Gasteiger partial charge in [0.25, 0.3) is 5.91 Å². The molecule has 2 fully saturated rings. The first-order chi connectivity index (χ1) is 16.8. The summed E-state index contributed by atoms with van der Waals surface area (Å²) < 4.78 is 0.701. The Balaban J connectivity index is 1.51. The van der Waals surface area contributed by atoms with E-state index in [2.05, 4.69) is 27.4 Å². The van der Waals surface area contributed by atoms with E-state index < -0.39 is 5.97 Å². The number of allylic oxidation sites excluding steroid dienone is 2. The number of amides is 1. The van der Waals surface area contributed by atoms with Gasteiger partial charge in [0, 0.05) is 36.9 Å². The summed E-state index contributed by atoms with van der Waals surface area (Å²) in [5.74, 6) is -1.06. The first kappa shape index (κ1) is 25.3. The van der Waals surface area contributed by atoms with Gasteiger partial charge in [0.15, 0.2) is 5.13 Å². The maximum absolute atomic E-state index is 13.0. The van der Waals surface area contributed by atoms with E-state index in [9.17, 15) is 14.7 Å². The zero-order chi connectivity index (χ0) is 25.1. The van der Waals surface area contributed by atoms with E-state index in [4.69, 9.17) is 4.98 Å². The number of nitrogens with zero attached hydrogens (tertiary/aromatic N) is 3. The summed E-state index contributed by atoms with van der Waals surface area (Å²) >= 11 is 1.43. The monoisotopic (exact) mass is 497 g/mol. The molecule has 2 aliphatic rings. The molecule has 4 rings (SSSR count). The fraction of sp³-hybridized carbons (Fsp3) is 0.538. The molecule has 1 aliphatic heterocycles. The van der Waals surface area contributed by atoms with E-state index in [1.54, 1.807) is 19.1 Å². The minimum absolute atomic E-state index is 0.00924. The van der Waals surface area contributed by atoms with Crippen LogP contribution in [0.15, 0.2) is 34.5 Å². The SMILES string of the molecule is CC/C(C)=C(\C)N=C(C)C(=O)N[C@@H]1CCN(c2nc3cccc(C(=O)O)c3s2)CC1NC1CCC1. The van der Waals surface area contributed by atoms with E-state index in [1.165, 1.54) is 23.3 Å². The number of carbonyl (C=O) groups excluding carboxylic acids is 1. The molecule has 35 heavy (non-hydrogen) atoms. The molecular formula is C26H35N5O3S. The average molecular weight is 498 g/mol. The van der Waals surface area contributed by atoms with Crippen LogP contribution in [0.4, 0.5) is 5.13 Å². The smallest absolute Gasteiger partial charge is 0.337 e. The molecule has 2 atom stereocenters. The zero-order valence-electron chi connectivity index (χ0n) is 20.9. The summed E-state index contributed by atoms with van der Waals surface area (Å²) in [5, 5.41) is 17.4. The van der Waals surface area contributed by atoms with Gasteiger partial charge in [-0.25, -0.2) is 9.78 Å². The van der Waals surface area contributed by atoms with Gasteiger partial charge in [-0.05, 0) is 58.6 Å². The Kier molecular flexibility index (Phi) is 7.86. The fourth-order valence-corrected chi connectivity index (χ4v) is 5.62. The van der Waals surface area contributed by atoms with Crippen LogP contribution in [0.5, 0.6) is 0 Å². The highest BCUT2D eigenvalue weighted by molar-refractivity contribution is 7.22. The third kappa shape index (κ3) is 5.73. The molecule has 0 spiro atoms. The Morgan fingerprint density at radius 1 is 1.20 bits per heavy atom. The highest BCUT2D eigenvalue weighted by atomic mass is 32.1. The molecule has 9 heteroatoms. The predicted octanol–water partition coefficient (Wildman–Crippen LogP) is 4.36. The molecule has 1 saturated heterocycles. The maximum atomic E-state index is 13.0. The highest BCUT2D eigenvalue weighted by Gasteiger charge is 2.34. The average Bonchev–Trinajstić information content (AvgIpc) is 3.25. The second-order valence-corrected chi connectivity index (χ2v) is 10.6. The molecule has 1 saturated carbocycles. The zero-order valence-corrected chi connectivity index (χ0v) is 21.7. The lowest BCUT2D eigenvalue weighted by Gasteiger charge is -2.42. The Labute approximate surface area is 210 Å². The fourth-order valence-electron chi connectivity index (χ4n) is 4.51. The summed E-state index contributed by atoms with van der Waals surface area (Å²) in [4.78, 5) is 36.1. The molecule has 2 heterocycles. The Morgan fingerprint density at radius 2 is 1.97 bits per heavy atom. The van der Waals surface area contributed by atoms with Gasteiger partial charge in [-0.2, -0.15) is 0 Å². The maximum Gasteiger partial charge on any atom is 0.337 e. The van der Waals surface area contributed by atoms with Crippen LogP contribution in [0.3, 0.4) is 0 Å². The first-order valence-electron chi connectivity index (χ1n) is 12.4. The molecule has 1 aliphatic carbocycles. The number of hydrogen-bond donors (Lipinski definition) is 3. The number of thiazole rings is 1. The number of carboxylic acids is 1. The van der Waals surface area contributed by atoms with Crippen LogP contribution in [0, 0.1) is 0 Å². The lowest BCUT2D eigenvalue weighted by molar-refractivity contribution is -0.115. The molecular weight excluding hydrogens is 462 g/mol. The van der Waals surface area contributed by atoms with Gasteiger partial charge in [-0.1, -0.05) is 36.3 Å². The standard InChI is InChI=1S/C26H35N5O3S/c1-5-15(2)16(3)27-17(4)24(32)29-20-12-13-31(14-22(20)28-18-8-6-9-18)26-30-21-11-7-10-19(25(33)34)23(21)35-26/h7,10-11,18,20,22,28H,5-6,8-9,12-14H2,1-4H3,(H,29,32)(H,33,34)/b16-15+,27-17?/t20-,22?/m1/s1. The molecule has 1 unspecified atom stereocenters. The molecule has 0 bridgehead atoms. The summed E-state index contributed by atoms with van der Waals surface area (Å²) in [5.41, 5.74) is 3.55. The first-order valence-corrected chi connectivity index (χ1v) is 13.2. The van der Waals surface area contributed by atoms with Gasteiger partial charge in [-0.15, -0.1) is 0 Å². The third-order valence-electron chi connectivity index (χ3n) is 7.20. The molecule has 3 N–H and O–H groups in total. The van der Waals surface area contributed by atoms with Crippen molar-refractivity contribution >= 4 is 44.3 Å². The molecule has 1 aromatic heterocycles. The summed E-state index contributed by atoms with van der Waals surface area (Å²) in [6.45, 7) is 9.28. The van der Waals surface area contributed by atoms with Crippen LogP contribution >= 0.6 is 11.3 Å². The Hall–Kier alpha value is -2.78. The molecule has 1 aromatic carbocycles. The lowest BCUT2D eigenvalue weighted by atomic mass is 9.90. The highest BCUT2D eigenvalue weighted by Crippen LogP contribution is 2.33. The quantitative estimate of drug-likeness (QED) is 0.468. The van der Waals surface area contributed by atoms with Gasteiger partial charge in [0.05, 0.1) is 15.8 Å². The number of aliphatic imine (C=N–C) groups is 1. The van der Waals surface area contributed by atoms with Crippen molar-refractivity contribution < 1.29 is 14.7 Å². The minimum atomic E-state index is -0.937. The van der Waals surface area contributed by atoms with E-state index in [0.29, 0.717) is 28.5 Å². The molecule has 188 valence electrons. The van der Waals surface area contributed by atoms with Gasteiger partial charge >= 0.3 is 5.97 Å². The molecule has 8 nitrogen and oxygen atoms in total.